The van der Waals surface area contributed by atoms with E-state index in [-0.39, 0.29) is 6.10 Å². The number of fused-ring (bicyclic) bond motifs is 1. The molecule has 28 heavy (non-hydrogen) atoms. The van der Waals surface area contributed by atoms with Gasteiger partial charge in [-0.3, -0.25) is 0 Å². The maximum Gasteiger partial charge on any atom is 0.0732 e. The SMILES string of the molecule is CCC(O)(CC)CSCC1=CCC2/C(=C/C=C3/CCC[C@H](O)C3)CCCC12C. The molecule has 0 spiro atoms. The first kappa shape index (κ1) is 22.2. The van der Waals surface area contributed by atoms with Gasteiger partial charge in [-0.25, -0.2) is 0 Å². The molecule has 3 atom stereocenters. The molecule has 2 N–H and O–H groups in total. The molecule has 2 saturated carbocycles. The number of aliphatic hydroxyl groups excluding tert-OH is 1. The van der Waals surface area contributed by atoms with Gasteiger partial charge in [-0.1, -0.05) is 55.7 Å². The zero-order valence-electron chi connectivity index (χ0n) is 18.2. The summed E-state index contributed by atoms with van der Waals surface area (Å²) >= 11 is 1.92. The van der Waals surface area contributed by atoms with E-state index in [1.54, 1.807) is 11.1 Å². The number of aliphatic hydroxyl groups is 2. The van der Waals surface area contributed by atoms with Crippen LogP contribution in [0.25, 0.3) is 0 Å². The van der Waals surface area contributed by atoms with Crippen LogP contribution in [-0.4, -0.2) is 33.4 Å². The molecule has 2 fully saturated rings. The minimum Gasteiger partial charge on any atom is -0.393 e. The van der Waals surface area contributed by atoms with Crippen LogP contribution in [0.2, 0.25) is 0 Å². The second-order valence-corrected chi connectivity index (χ2v) is 10.5. The molecule has 0 amide bonds. The van der Waals surface area contributed by atoms with Crippen molar-refractivity contribution in [1.29, 1.82) is 0 Å². The molecular formula is C25H40O2S. The average Bonchev–Trinajstić information content (AvgIpc) is 3.03. The monoisotopic (exact) mass is 404 g/mol. The van der Waals surface area contributed by atoms with Gasteiger partial charge in [-0.15, -0.1) is 0 Å². The summed E-state index contributed by atoms with van der Waals surface area (Å²) in [6.45, 7) is 6.66. The Hall–Kier alpha value is -0.510. The van der Waals surface area contributed by atoms with Crippen molar-refractivity contribution in [2.45, 2.75) is 96.7 Å². The zero-order valence-corrected chi connectivity index (χ0v) is 19.0. The zero-order chi connectivity index (χ0) is 20.2. The van der Waals surface area contributed by atoms with Crippen molar-refractivity contribution in [2.75, 3.05) is 11.5 Å². The minimum absolute atomic E-state index is 0.128. The van der Waals surface area contributed by atoms with Gasteiger partial charge in [0.25, 0.3) is 0 Å². The Kier molecular flexibility index (Phi) is 7.55. The van der Waals surface area contributed by atoms with E-state index in [4.69, 9.17) is 0 Å². The Morgan fingerprint density at radius 2 is 2.00 bits per heavy atom. The highest BCUT2D eigenvalue weighted by molar-refractivity contribution is 7.99. The van der Waals surface area contributed by atoms with Crippen molar-refractivity contribution >= 4 is 11.8 Å². The summed E-state index contributed by atoms with van der Waals surface area (Å²) in [5, 5.41) is 20.5. The molecule has 0 bridgehead atoms. The van der Waals surface area contributed by atoms with Crippen molar-refractivity contribution in [3.05, 3.63) is 34.9 Å². The average molecular weight is 405 g/mol. The molecule has 0 radical (unpaired) electrons. The van der Waals surface area contributed by atoms with E-state index in [0.29, 0.717) is 11.3 Å². The maximum absolute atomic E-state index is 10.6. The third kappa shape index (κ3) is 4.96. The van der Waals surface area contributed by atoms with Gasteiger partial charge in [0.1, 0.15) is 0 Å². The highest BCUT2D eigenvalue weighted by Crippen LogP contribution is 2.55. The van der Waals surface area contributed by atoms with E-state index in [1.165, 1.54) is 31.3 Å². The highest BCUT2D eigenvalue weighted by Gasteiger charge is 2.44. The van der Waals surface area contributed by atoms with E-state index < -0.39 is 5.60 Å². The Bertz CT molecular complexity index is 628. The topological polar surface area (TPSA) is 40.5 Å². The van der Waals surface area contributed by atoms with Gasteiger partial charge in [0.15, 0.2) is 0 Å². The number of allylic oxidation sites excluding steroid dienone is 4. The Morgan fingerprint density at radius 1 is 1.21 bits per heavy atom. The number of thioether (sulfide) groups is 1. The first-order valence-electron chi connectivity index (χ1n) is 11.5. The molecule has 0 heterocycles. The standard InChI is InChI=1S/C25H40O2S/c1-4-25(27,5-2)18-28-17-21-13-14-23-20(9-7-15-24(21,23)3)12-11-19-8-6-10-22(26)16-19/h11-13,22-23,26-27H,4-10,14-18H2,1-3H3/b19-11-,20-12+/t22-,23?,24?/m0/s1. The molecule has 0 aromatic rings. The smallest absolute Gasteiger partial charge is 0.0732 e. The van der Waals surface area contributed by atoms with Crippen molar-refractivity contribution in [3.8, 4) is 0 Å². The molecule has 3 heteroatoms. The van der Waals surface area contributed by atoms with Crippen LogP contribution in [0.1, 0.15) is 85.0 Å². The minimum atomic E-state index is -0.501. The lowest BCUT2D eigenvalue weighted by Crippen LogP contribution is -2.32. The van der Waals surface area contributed by atoms with Crippen molar-refractivity contribution in [3.63, 3.8) is 0 Å². The molecule has 2 nitrogen and oxygen atoms in total. The molecule has 3 aliphatic carbocycles. The number of rotatable bonds is 7. The molecule has 3 aliphatic rings. The summed E-state index contributed by atoms with van der Waals surface area (Å²) in [5.41, 5.74) is 4.47. The largest absolute Gasteiger partial charge is 0.393 e. The summed E-state index contributed by atoms with van der Waals surface area (Å²) in [5.74, 6) is 2.56. The molecule has 0 saturated heterocycles. The first-order chi connectivity index (χ1) is 13.4. The Labute approximate surface area is 176 Å². The fourth-order valence-electron chi connectivity index (χ4n) is 5.38. The fraction of sp³-hybridized carbons (Fsp3) is 0.760. The maximum atomic E-state index is 10.6. The van der Waals surface area contributed by atoms with Gasteiger partial charge in [0.05, 0.1) is 11.7 Å². The highest BCUT2D eigenvalue weighted by atomic mass is 32.2. The summed E-state index contributed by atoms with van der Waals surface area (Å²) in [7, 11) is 0. The third-order valence-electron chi connectivity index (χ3n) is 7.72. The van der Waals surface area contributed by atoms with Crippen molar-refractivity contribution < 1.29 is 10.2 Å². The third-order valence-corrected chi connectivity index (χ3v) is 8.98. The van der Waals surface area contributed by atoms with Crippen LogP contribution in [0.5, 0.6) is 0 Å². The molecule has 3 rings (SSSR count). The van der Waals surface area contributed by atoms with Crippen LogP contribution < -0.4 is 0 Å². The van der Waals surface area contributed by atoms with Gasteiger partial charge < -0.3 is 10.2 Å². The summed E-state index contributed by atoms with van der Waals surface area (Å²) in [6, 6.07) is 0. The summed E-state index contributed by atoms with van der Waals surface area (Å²) in [4.78, 5) is 0. The Balaban J connectivity index is 1.63. The second kappa shape index (κ2) is 9.53. The van der Waals surface area contributed by atoms with Crippen molar-refractivity contribution in [1.82, 2.24) is 0 Å². The number of hydrogen-bond donors (Lipinski definition) is 2. The lowest BCUT2D eigenvalue weighted by Gasteiger charge is -2.41. The molecule has 158 valence electrons. The molecular weight excluding hydrogens is 364 g/mol. The molecule has 0 aromatic heterocycles. The quantitative estimate of drug-likeness (QED) is 0.497. The van der Waals surface area contributed by atoms with E-state index in [2.05, 4.69) is 39.0 Å². The lowest BCUT2D eigenvalue weighted by molar-refractivity contribution is 0.0572. The van der Waals surface area contributed by atoms with Crippen LogP contribution in [0, 0.1) is 11.3 Å². The molecule has 0 aromatic carbocycles. The van der Waals surface area contributed by atoms with Gasteiger partial charge >= 0.3 is 0 Å². The Morgan fingerprint density at radius 3 is 2.71 bits per heavy atom. The van der Waals surface area contributed by atoms with Crippen LogP contribution in [0.15, 0.2) is 34.9 Å². The van der Waals surface area contributed by atoms with Crippen LogP contribution >= 0.6 is 11.8 Å². The van der Waals surface area contributed by atoms with Crippen LogP contribution in [-0.2, 0) is 0 Å². The lowest BCUT2D eigenvalue weighted by atomic mass is 9.64. The van der Waals surface area contributed by atoms with E-state index in [0.717, 1.165) is 50.0 Å². The normalized spacial score (nSPS) is 34.0. The predicted molar refractivity (Wildman–Crippen MR) is 122 cm³/mol. The molecule has 0 aliphatic heterocycles. The second-order valence-electron chi connectivity index (χ2n) is 9.53. The van der Waals surface area contributed by atoms with E-state index >= 15 is 0 Å². The van der Waals surface area contributed by atoms with E-state index in [1.807, 2.05) is 11.8 Å². The van der Waals surface area contributed by atoms with Crippen LogP contribution in [0.4, 0.5) is 0 Å². The van der Waals surface area contributed by atoms with Gasteiger partial charge in [0.2, 0.25) is 0 Å². The fourth-order valence-corrected chi connectivity index (χ4v) is 6.94. The van der Waals surface area contributed by atoms with E-state index in [9.17, 15) is 10.2 Å². The summed E-state index contributed by atoms with van der Waals surface area (Å²) < 4.78 is 0. The van der Waals surface area contributed by atoms with Gasteiger partial charge in [-0.2, -0.15) is 11.8 Å². The van der Waals surface area contributed by atoms with Crippen molar-refractivity contribution in [2.24, 2.45) is 11.3 Å². The predicted octanol–water partition coefficient (Wildman–Crippen LogP) is 6.19. The number of hydrogen-bond acceptors (Lipinski definition) is 3. The molecule has 2 unspecified atom stereocenters. The summed E-state index contributed by atoms with van der Waals surface area (Å²) in [6.07, 6.45) is 17.9. The van der Waals surface area contributed by atoms with Gasteiger partial charge in [-0.05, 0) is 75.5 Å². The van der Waals surface area contributed by atoms with Crippen LogP contribution in [0.3, 0.4) is 0 Å². The van der Waals surface area contributed by atoms with Gasteiger partial charge in [0, 0.05) is 11.5 Å². The first-order valence-corrected chi connectivity index (χ1v) is 12.6.